The maximum Gasteiger partial charge on any atom is 0.119 e. The lowest BCUT2D eigenvalue weighted by Crippen LogP contribution is -2.14. The predicted molar refractivity (Wildman–Crippen MR) is 64.2 cm³/mol. The summed E-state index contributed by atoms with van der Waals surface area (Å²) in [6.07, 6.45) is 3.31. The molecular formula is C13H21NO. The Morgan fingerprint density at radius 3 is 2.87 bits per heavy atom. The average Bonchev–Trinajstić information content (AvgIpc) is 2.18. The highest BCUT2D eigenvalue weighted by molar-refractivity contribution is 5.28. The Bertz CT molecular complexity index is 284. The van der Waals surface area contributed by atoms with Gasteiger partial charge in [-0.3, -0.25) is 0 Å². The summed E-state index contributed by atoms with van der Waals surface area (Å²) in [7, 11) is 0. The molecule has 1 rings (SSSR count). The summed E-state index contributed by atoms with van der Waals surface area (Å²) in [4.78, 5) is 0. The van der Waals surface area contributed by atoms with Crippen molar-refractivity contribution in [1.29, 1.82) is 0 Å². The van der Waals surface area contributed by atoms with Gasteiger partial charge in [0, 0.05) is 6.04 Å². The van der Waals surface area contributed by atoms with Crippen LogP contribution in [-0.2, 0) is 6.42 Å². The SMILES string of the molecule is CCOc1cccc(CCCC(C)N)c1. The number of aryl methyl sites for hydroxylation is 1. The van der Waals surface area contributed by atoms with E-state index in [9.17, 15) is 0 Å². The van der Waals surface area contributed by atoms with Crippen molar-refractivity contribution in [2.75, 3.05) is 6.61 Å². The Labute approximate surface area is 92.4 Å². The largest absolute Gasteiger partial charge is 0.494 e. The number of rotatable bonds is 6. The molecule has 15 heavy (non-hydrogen) atoms. The minimum absolute atomic E-state index is 0.306. The number of hydrogen-bond donors (Lipinski definition) is 1. The van der Waals surface area contributed by atoms with Crippen molar-refractivity contribution in [2.24, 2.45) is 5.73 Å². The lowest BCUT2D eigenvalue weighted by molar-refractivity contribution is 0.340. The topological polar surface area (TPSA) is 35.2 Å². The van der Waals surface area contributed by atoms with Crippen LogP contribution >= 0.6 is 0 Å². The third-order valence-corrected chi connectivity index (χ3v) is 2.33. The van der Waals surface area contributed by atoms with E-state index in [0.717, 1.165) is 31.6 Å². The molecule has 0 aliphatic rings. The summed E-state index contributed by atoms with van der Waals surface area (Å²) in [6.45, 7) is 4.78. The van der Waals surface area contributed by atoms with Gasteiger partial charge in [0.2, 0.25) is 0 Å². The van der Waals surface area contributed by atoms with Gasteiger partial charge in [0.25, 0.3) is 0 Å². The molecule has 0 aliphatic carbocycles. The smallest absolute Gasteiger partial charge is 0.119 e. The first-order valence-corrected chi connectivity index (χ1v) is 5.69. The van der Waals surface area contributed by atoms with Crippen LogP contribution in [0.15, 0.2) is 24.3 Å². The highest BCUT2D eigenvalue weighted by atomic mass is 16.5. The second-order valence-electron chi connectivity index (χ2n) is 3.95. The predicted octanol–water partition coefficient (Wildman–Crippen LogP) is 2.76. The van der Waals surface area contributed by atoms with Crippen molar-refractivity contribution < 1.29 is 4.74 Å². The van der Waals surface area contributed by atoms with E-state index < -0.39 is 0 Å². The van der Waals surface area contributed by atoms with Gasteiger partial charge >= 0.3 is 0 Å². The van der Waals surface area contributed by atoms with E-state index in [1.54, 1.807) is 0 Å². The first kappa shape index (κ1) is 12.1. The zero-order chi connectivity index (χ0) is 11.1. The highest BCUT2D eigenvalue weighted by Gasteiger charge is 1.98. The van der Waals surface area contributed by atoms with Crippen molar-refractivity contribution in [3.05, 3.63) is 29.8 Å². The zero-order valence-electron chi connectivity index (χ0n) is 9.70. The van der Waals surface area contributed by atoms with Crippen molar-refractivity contribution in [1.82, 2.24) is 0 Å². The molecule has 2 N–H and O–H groups in total. The fourth-order valence-corrected chi connectivity index (χ4v) is 1.59. The quantitative estimate of drug-likeness (QED) is 0.778. The van der Waals surface area contributed by atoms with Crippen molar-refractivity contribution >= 4 is 0 Å². The summed E-state index contributed by atoms with van der Waals surface area (Å²) in [5.41, 5.74) is 7.04. The maximum absolute atomic E-state index is 5.71. The molecule has 2 heteroatoms. The second-order valence-corrected chi connectivity index (χ2v) is 3.95. The summed E-state index contributed by atoms with van der Waals surface area (Å²) < 4.78 is 5.45. The third kappa shape index (κ3) is 4.84. The van der Waals surface area contributed by atoms with E-state index >= 15 is 0 Å². The molecule has 1 unspecified atom stereocenters. The van der Waals surface area contributed by atoms with Gasteiger partial charge in [0.1, 0.15) is 5.75 Å². The van der Waals surface area contributed by atoms with Crippen LogP contribution in [0.3, 0.4) is 0 Å². The van der Waals surface area contributed by atoms with E-state index in [0.29, 0.717) is 6.04 Å². The first-order valence-electron chi connectivity index (χ1n) is 5.69. The summed E-state index contributed by atoms with van der Waals surface area (Å²) in [6, 6.07) is 8.61. The molecule has 0 amide bonds. The van der Waals surface area contributed by atoms with Gasteiger partial charge in [0.05, 0.1) is 6.61 Å². The van der Waals surface area contributed by atoms with E-state index in [-0.39, 0.29) is 0 Å². The standard InChI is InChI=1S/C13H21NO/c1-3-15-13-9-5-8-12(10-13)7-4-6-11(2)14/h5,8-11H,3-4,6-7,14H2,1-2H3. The average molecular weight is 207 g/mol. The fraction of sp³-hybridized carbons (Fsp3) is 0.538. The van der Waals surface area contributed by atoms with Gasteiger partial charge in [-0.2, -0.15) is 0 Å². The number of hydrogen-bond acceptors (Lipinski definition) is 2. The van der Waals surface area contributed by atoms with Crippen LogP contribution in [0.25, 0.3) is 0 Å². The Hall–Kier alpha value is -1.02. The van der Waals surface area contributed by atoms with Gasteiger partial charge in [0.15, 0.2) is 0 Å². The molecule has 0 saturated carbocycles. The summed E-state index contributed by atoms with van der Waals surface area (Å²) >= 11 is 0. The van der Waals surface area contributed by atoms with Crippen molar-refractivity contribution in [3.8, 4) is 5.75 Å². The Kier molecular flexibility index (Phi) is 5.19. The second kappa shape index (κ2) is 6.46. The van der Waals surface area contributed by atoms with Gasteiger partial charge in [-0.1, -0.05) is 12.1 Å². The van der Waals surface area contributed by atoms with Crippen molar-refractivity contribution in [2.45, 2.75) is 39.2 Å². The molecule has 0 spiro atoms. The molecule has 0 aromatic heterocycles. The van der Waals surface area contributed by atoms with E-state index in [2.05, 4.69) is 19.1 Å². The van der Waals surface area contributed by atoms with E-state index in [1.807, 2.05) is 19.1 Å². The van der Waals surface area contributed by atoms with Gasteiger partial charge in [-0.05, 0) is 50.8 Å². The zero-order valence-corrected chi connectivity index (χ0v) is 9.70. The normalized spacial score (nSPS) is 12.5. The monoisotopic (exact) mass is 207 g/mol. The lowest BCUT2D eigenvalue weighted by atomic mass is 10.1. The molecule has 0 radical (unpaired) electrons. The van der Waals surface area contributed by atoms with Gasteiger partial charge in [-0.15, -0.1) is 0 Å². The third-order valence-electron chi connectivity index (χ3n) is 2.33. The molecule has 0 fully saturated rings. The van der Waals surface area contributed by atoms with Crippen LogP contribution in [0.5, 0.6) is 5.75 Å². The lowest BCUT2D eigenvalue weighted by Gasteiger charge is -2.07. The fourth-order valence-electron chi connectivity index (χ4n) is 1.59. The number of nitrogens with two attached hydrogens (primary N) is 1. The molecule has 0 heterocycles. The van der Waals surface area contributed by atoms with Crippen LogP contribution < -0.4 is 10.5 Å². The molecule has 2 nitrogen and oxygen atoms in total. The molecule has 0 aliphatic heterocycles. The molecular weight excluding hydrogens is 186 g/mol. The minimum atomic E-state index is 0.306. The first-order chi connectivity index (χ1) is 7.22. The Balaban J connectivity index is 2.43. The van der Waals surface area contributed by atoms with Gasteiger partial charge in [-0.25, -0.2) is 0 Å². The van der Waals surface area contributed by atoms with E-state index in [1.165, 1.54) is 5.56 Å². The Morgan fingerprint density at radius 2 is 2.20 bits per heavy atom. The van der Waals surface area contributed by atoms with Gasteiger partial charge < -0.3 is 10.5 Å². The van der Waals surface area contributed by atoms with Crippen LogP contribution in [0.1, 0.15) is 32.3 Å². The molecule has 0 bridgehead atoms. The highest BCUT2D eigenvalue weighted by Crippen LogP contribution is 2.15. The van der Waals surface area contributed by atoms with Crippen LogP contribution in [0, 0.1) is 0 Å². The maximum atomic E-state index is 5.71. The number of benzene rings is 1. The molecule has 1 aromatic rings. The Morgan fingerprint density at radius 1 is 1.40 bits per heavy atom. The van der Waals surface area contributed by atoms with Crippen LogP contribution in [0.4, 0.5) is 0 Å². The molecule has 84 valence electrons. The van der Waals surface area contributed by atoms with Crippen LogP contribution in [-0.4, -0.2) is 12.6 Å². The molecule has 1 aromatic carbocycles. The number of ether oxygens (including phenoxy) is 1. The van der Waals surface area contributed by atoms with E-state index in [4.69, 9.17) is 10.5 Å². The summed E-state index contributed by atoms with van der Waals surface area (Å²) in [5, 5.41) is 0. The van der Waals surface area contributed by atoms with Crippen LogP contribution in [0.2, 0.25) is 0 Å². The summed E-state index contributed by atoms with van der Waals surface area (Å²) in [5.74, 6) is 0.968. The molecule has 0 saturated heterocycles. The minimum Gasteiger partial charge on any atom is -0.494 e. The molecule has 1 atom stereocenters. The van der Waals surface area contributed by atoms with Crippen molar-refractivity contribution in [3.63, 3.8) is 0 Å².